The molecule has 0 atom stereocenters. The van der Waals surface area contributed by atoms with Gasteiger partial charge in [-0.2, -0.15) is 0 Å². The van der Waals surface area contributed by atoms with Crippen molar-refractivity contribution in [3.8, 4) is 0 Å². The largest absolute Gasteiger partial charge is 2.00 e. The Labute approximate surface area is 124 Å². The van der Waals surface area contributed by atoms with Gasteiger partial charge in [-0.1, -0.05) is 12.1 Å². The minimum Gasteiger partial charge on any atom is -1.00 e. The van der Waals surface area contributed by atoms with Crippen molar-refractivity contribution in [3.05, 3.63) is 29.8 Å². The number of benzene rings is 1. The zero-order valence-corrected chi connectivity index (χ0v) is 12.1. The number of ether oxygens (including phenoxy) is 1. The molecule has 17 heavy (non-hydrogen) atoms. The van der Waals surface area contributed by atoms with Crippen molar-refractivity contribution in [2.75, 3.05) is 12.3 Å². The molecule has 0 aromatic heterocycles. The number of aliphatic imine (C=N–C) groups is 1. The molecule has 97 valence electrons. The molecule has 2 rings (SSSR count). The first-order chi connectivity index (χ1) is 6.58. The van der Waals surface area contributed by atoms with E-state index in [-0.39, 0.29) is 47.1 Å². The van der Waals surface area contributed by atoms with E-state index in [4.69, 9.17) is 10.5 Å². The maximum atomic E-state index is 5.83. The number of nitrogens with zero attached hydrogens (tertiary/aromatic N) is 1. The third-order valence-corrected chi connectivity index (χ3v) is 2.16. The number of rotatable bonds is 1. The van der Waals surface area contributed by atoms with Gasteiger partial charge in [-0.15, -0.1) is 0 Å². The van der Waals surface area contributed by atoms with Crippen LogP contribution in [0.15, 0.2) is 29.3 Å². The van der Waals surface area contributed by atoms with Gasteiger partial charge in [0.05, 0.1) is 11.1 Å². The van der Waals surface area contributed by atoms with Crippen molar-refractivity contribution >= 4 is 11.6 Å². The summed E-state index contributed by atoms with van der Waals surface area (Å²) in [7, 11) is 0. The summed E-state index contributed by atoms with van der Waals surface area (Å²) in [4.78, 5) is 4.47. The van der Waals surface area contributed by atoms with Crippen molar-refractivity contribution in [3.63, 3.8) is 0 Å². The van der Waals surface area contributed by atoms with Crippen molar-refractivity contribution in [2.24, 2.45) is 4.99 Å². The molecule has 0 unspecified atom stereocenters. The van der Waals surface area contributed by atoms with Crippen molar-refractivity contribution in [1.82, 2.24) is 0 Å². The van der Waals surface area contributed by atoms with Crippen molar-refractivity contribution in [1.29, 1.82) is 0 Å². The summed E-state index contributed by atoms with van der Waals surface area (Å²) in [5, 5.41) is 0. The van der Waals surface area contributed by atoms with E-state index in [1.807, 2.05) is 38.1 Å². The van der Waals surface area contributed by atoms with Crippen LogP contribution < -0.4 is 30.5 Å². The Kier molecular flexibility index (Phi) is 7.92. The van der Waals surface area contributed by atoms with E-state index in [0.717, 1.165) is 5.56 Å². The van der Waals surface area contributed by atoms with E-state index in [0.29, 0.717) is 18.2 Å². The molecule has 0 saturated carbocycles. The van der Waals surface area contributed by atoms with Crippen molar-refractivity contribution < 1.29 is 46.3 Å². The van der Waals surface area contributed by atoms with Gasteiger partial charge in [0.15, 0.2) is 0 Å². The smallest absolute Gasteiger partial charge is 1.00 e. The molecule has 2 N–H and O–H groups in total. The maximum Gasteiger partial charge on any atom is 2.00 e. The van der Waals surface area contributed by atoms with E-state index < -0.39 is 0 Å². The zero-order chi connectivity index (χ0) is 10.2. The number of para-hydroxylation sites is 1. The Morgan fingerprint density at radius 3 is 2.29 bits per heavy atom. The SMILES string of the molecule is CC1(C)COC(c2ccccc2N)=N1.[Cl-].[Cl-].[Co+2]. The molecule has 1 aliphatic heterocycles. The summed E-state index contributed by atoms with van der Waals surface area (Å²) in [6, 6.07) is 7.62. The van der Waals surface area contributed by atoms with E-state index in [1.54, 1.807) is 0 Å². The molecule has 0 amide bonds. The van der Waals surface area contributed by atoms with Gasteiger partial charge in [0.1, 0.15) is 6.61 Å². The predicted octanol–water partition coefficient (Wildman–Crippen LogP) is -4.17. The fourth-order valence-corrected chi connectivity index (χ4v) is 1.41. The second-order valence-corrected chi connectivity index (χ2v) is 4.11. The predicted molar refractivity (Wildman–Crippen MR) is 57.4 cm³/mol. The summed E-state index contributed by atoms with van der Waals surface area (Å²) in [5.74, 6) is 0.660. The molecule has 0 aliphatic carbocycles. The molecule has 0 fully saturated rings. The van der Waals surface area contributed by atoms with Gasteiger partial charge in [-0.25, -0.2) is 4.99 Å². The van der Waals surface area contributed by atoms with Crippen LogP contribution in [0.2, 0.25) is 0 Å². The van der Waals surface area contributed by atoms with Crippen LogP contribution in [-0.2, 0) is 21.5 Å². The summed E-state index contributed by atoms with van der Waals surface area (Å²) in [6.45, 7) is 4.70. The third kappa shape index (κ3) is 4.39. The van der Waals surface area contributed by atoms with Gasteiger partial charge in [0.2, 0.25) is 5.90 Å². The number of hydrogen-bond acceptors (Lipinski definition) is 3. The summed E-state index contributed by atoms with van der Waals surface area (Å²) >= 11 is 0. The first-order valence-electron chi connectivity index (χ1n) is 4.66. The average molecular weight is 320 g/mol. The van der Waals surface area contributed by atoms with Crippen LogP contribution >= 0.6 is 0 Å². The van der Waals surface area contributed by atoms with Gasteiger partial charge in [0.25, 0.3) is 0 Å². The standard InChI is InChI=1S/C11H14N2O.2ClH.Co/c1-11(2)7-14-10(13-11)8-5-3-4-6-9(8)12;;;/h3-6H,7,12H2,1-2H3;2*1H;/q;;;+2/p-2. The number of nitrogens with two attached hydrogens (primary N) is 1. The molecule has 1 heterocycles. The quantitative estimate of drug-likeness (QED) is 0.534. The zero-order valence-electron chi connectivity index (χ0n) is 9.54. The van der Waals surface area contributed by atoms with Gasteiger partial charge < -0.3 is 35.3 Å². The number of hydrogen-bond donors (Lipinski definition) is 1. The van der Waals surface area contributed by atoms with Crippen LogP contribution in [0.1, 0.15) is 19.4 Å². The van der Waals surface area contributed by atoms with Gasteiger partial charge in [-0.3, -0.25) is 0 Å². The normalized spacial score (nSPS) is 15.5. The molecule has 1 aliphatic rings. The minimum absolute atomic E-state index is 0. The number of anilines is 1. The van der Waals surface area contributed by atoms with E-state index in [9.17, 15) is 0 Å². The van der Waals surface area contributed by atoms with Gasteiger partial charge in [-0.05, 0) is 26.0 Å². The first-order valence-corrected chi connectivity index (χ1v) is 4.66. The third-order valence-electron chi connectivity index (χ3n) is 2.16. The van der Waals surface area contributed by atoms with Crippen LogP contribution in [-0.4, -0.2) is 18.0 Å². The first kappa shape index (κ1) is 18.9. The Morgan fingerprint density at radius 1 is 1.24 bits per heavy atom. The Hall–Kier alpha value is -0.424. The minimum atomic E-state index is -0.127. The summed E-state index contributed by atoms with van der Waals surface area (Å²) in [6.07, 6.45) is 0. The molecular weight excluding hydrogens is 306 g/mol. The van der Waals surface area contributed by atoms with Crippen LogP contribution in [0.25, 0.3) is 0 Å². The molecule has 1 aromatic carbocycles. The van der Waals surface area contributed by atoms with E-state index in [1.165, 1.54) is 0 Å². The molecule has 1 radical (unpaired) electrons. The Morgan fingerprint density at radius 2 is 1.82 bits per heavy atom. The number of nitrogen functional groups attached to an aromatic ring is 1. The molecule has 0 bridgehead atoms. The molecule has 3 nitrogen and oxygen atoms in total. The average Bonchev–Trinajstić information content (AvgIpc) is 2.47. The molecule has 0 saturated heterocycles. The van der Waals surface area contributed by atoms with Gasteiger partial charge in [0, 0.05) is 5.69 Å². The van der Waals surface area contributed by atoms with Crippen molar-refractivity contribution in [2.45, 2.75) is 19.4 Å². The summed E-state index contributed by atoms with van der Waals surface area (Å²) in [5.41, 5.74) is 7.30. The Balaban J connectivity index is 0. The van der Waals surface area contributed by atoms with E-state index in [2.05, 4.69) is 4.99 Å². The monoisotopic (exact) mass is 319 g/mol. The van der Waals surface area contributed by atoms with Crippen LogP contribution in [0.5, 0.6) is 0 Å². The molecule has 6 heteroatoms. The van der Waals surface area contributed by atoms with Crippen LogP contribution in [0.3, 0.4) is 0 Å². The molecular formula is C11H14Cl2CoN2O. The second-order valence-electron chi connectivity index (χ2n) is 4.11. The fraction of sp³-hybridized carbons (Fsp3) is 0.364. The molecule has 1 aromatic rings. The molecule has 0 spiro atoms. The summed E-state index contributed by atoms with van der Waals surface area (Å²) < 4.78 is 5.51. The van der Waals surface area contributed by atoms with Crippen LogP contribution in [0, 0.1) is 0 Å². The van der Waals surface area contributed by atoms with Gasteiger partial charge >= 0.3 is 16.8 Å². The van der Waals surface area contributed by atoms with Crippen LogP contribution in [0.4, 0.5) is 5.69 Å². The Bertz CT molecular complexity index is 397. The fourth-order valence-electron chi connectivity index (χ4n) is 1.41. The number of halogens is 2. The maximum absolute atomic E-state index is 5.83. The second kappa shape index (κ2) is 7.11. The topological polar surface area (TPSA) is 47.6 Å². The van der Waals surface area contributed by atoms with E-state index >= 15 is 0 Å².